The average Bonchev–Trinajstić information content (AvgIpc) is 3.36. The molecule has 65 heavy (non-hydrogen) atoms. The summed E-state index contributed by atoms with van der Waals surface area (Å²) < 4.78 is 39.2. The van der Waals surface area contributed by atoms with Gasteiger partial charge in [0.05, 0.1) is 80.5 Å². The van der Waals surface area contributed by atoms with Crippen molar-refractivity contribution < 1.29 is 33.6 Å². The number of rotatable bonds is 14. The number of aliphatic hydroxyl groups is 2. The SMILES string of the molecule is CC.COc1cc(OC)c(F)c(N(CCO)c2ccc3ncn(-c4ccncc4)c(=O)c3c2)c1.COc1cc(OC)cc(N(CCO)c2ccc3ncn(-c4ccncc4)c(=O)c3c2)c1. The number of fused-ring (bicyclic) bond motifs is 2. The highest BCUT2D eigenvalue weighted by molar-refractivity contribution is 5.85. The summed E-state index contributed by atoms with van der Waals surface area (Å²) in [5.41, 5.74) is 4.08. The molecule has 0 amide bonds. The number of benzene rings is 4. The van der Waals surface area contributed by atoms with Crippen molar-refractivity contribution in [3.8, 4) is 34.4 Å². The van der Waals surface area contributed by atoms with E-state index >= 15 is 4.39 Å². The van der Waals surface area contributed by atoms with Crippen LogP contribution in [0.4, 0.5) is 27.1 Å². The van der Waals surface area contributed by atoms with E-state index in [4.69, 9.17) is 18.9 Å². The number of methoxy groups -OCH3 is 4. The lowest BCUT2D eigenvalue weighted by Crippen LogP contribution is -2.23. The van der Waals surface area contributed by atoms with E-state index in [0.29, 0.717) is 62.7 Å². The maximum atomic E-state index is 15.1. The zero-order valence-corrected chi connectivity index (χ0v) is 36.8. The lowest BCUT2D eigenvalue weighted by Gasteiger charge is -2.26. The molecule has 0 spiro atoms. The van der Waals surface area contributed by atoms with E-state index < -0.39 is 5.82 Å². The summed E-state index contributed by atoms with van der Waals surface area (Å²) >= 11 is 0. The molecule has 0 saturated carbocycles. The second-order valence-corrected chi connectivity index (χ2v) is 13.6. The molecular formula is C48H49FN8O8. The first kappa shape index (κ1) is 46.6. The monoisotopic (exact) mass is 884 g/mol. The number of aliphatic hydroxyl groups excluding tert-OH is 2. The van der Waals surface area contributed by atoms with E-state index in [9.17, 15) is 19.8 Å². The van der Waals surface area contributed by atoms with Gasteiger partial charge in [-0.05, 0) is 60.7 Å². The normalized spacial score (nSPS) is 10.6. The zero-order chi connectivity index (χ0) is 46.5. The van der Waals surface area contributed by atoms with Crippen LogP contribution in [-0.4, -0.2) is 94.0 Å². The number of aromatic nitrogens is 6. The van der Waals surface area contributed by atoms with Crippen molar-refractivity contribution in [3.63, 3.8) is 0 Å². The molecule has 4 aromatic heterocycles. The second-order valence-electron chi connectivity index (χ2n) is 13.6. The van der Waals surface area contributed by atoms with Crippen LogP contribution >= 0.6 is 0 Å². The van der Waals surface area contributed by atoms with Gasteiger partial charge in [0.2, 0.25) is 0 Å². The molecule has 0 unspecified atom stereocenters. The first-order chi connectivity index (χ1) is 31.7. The first-order valence-electron chi connectivity index (χ1n) is 20.5. The second kappa shape index (κ2) is 22.0. The van der Waals surface area contributed by atoms with Crippen LogP contribution < -0.4 is 39.9 Å². The van der Waals surface area contributed by atoms with Gasteiger partial charge in [0, 0.05) is 85.3 Å². The smallest absolute Gasteiger partial charge is 0.265 e. The Kier molecular flexibility index (Phi) is 15.7. The summed E-state index contributed by atoms with van der Waals surface area (Å²) in [6.07, 6.45) is 9.40. The minimum Gasteiger partial charge on any atom is -0.497 e. The summed E-state index contributed by atoms with van der Waals surface area (Å²) in [6.45, 7) is 4.08. The van der Waals surface area contributed by atoms with Gasteiger partial charge >= 0.3 is 0 Å². The molecule has 0 aliphatic heterocycles. The van der Waals surface area contributed by atoms with Crippen LogP contribution in [0.15, 0.2) is 138 Å². The maximum Gasteiger partial charge on any atom is 0.265 e. The molecule has 4 heterocycles. The number of pyridine rings is 2. The van der Waals surface area contributed by atoms with Crippen molar-refractivity contribution in [2.75, 3.05) is 64.5 Å². The van der Waals surface area contributed by atoms with E-state index in [1.807, 2.05) is 36.9 Å². The Morgan fingerprint density at radius 2 is 1.00 bits per heavy atom. The summed E-state index contributed by atoms with van der Waals surface area (Å²) in [5.74, 6) is 1.04. The average molecular weight is 885 g/mol. The van der Waals surface area contributed by atoms with Crippen LogP contribution in [-0.2, 0) is 0 Å². The fourth-order valence-electron chi connectivity index (χ4n) is 6.90. The predicted molar refractivity (Wildman–Crippen MR) is 249 cm³/mol. The van der Waals surface area contributed by atoms with Gasteiger partial charge in [-0.2, -0.15) is 0 Å². The largest absolute Gasteiger partial charge is 0.497 e. The molecule has 16 nitrogen and oxygen atoms in total. The fourth-order valence-corrected chi connectivity index (χ4v) is 6.90. The van der Waals surface area contributed by atoms with Crippen molar-refractivity contribution in [2.24, 2.45) is 0 Å². The minimum absolute atomic E-state index is 0.00443. The van der Waals surface area contributed by atoms with Gasteiger partial charge < -0.3 is 39.0 Å². The lowest BCUT2D eigenvalue weighted by molar-refractivity contribution is 0.305. The number of halogens is 1. The Labute approximate surface area is 374 Å². The van der Waals surface area contributed by atoms with Crippen molar-refractivity contribution in [1.82, 2.24) is 29.1 Å². The summed E-state index contributed by atoms with van der Waals surface area (Å²) in [6, 6.07) is 25.8. The van der Waals surface area contributed by atoms with E-state index in [-0.39, 0.29) is 42.3 Å². The molecule has 0 aliphatic rings. The number of hydrogen-bond acceptors (Lipinski definition) is 14. The van der Waals surface area contributed by atoms with Gasteiger partial charge in [-0.3, -0.25) is 28.7 Å². The van der Waals surface area contributed by atoms with Crippen molar-refractivity contribution in [3.05, 3.63) is 155 Å². The zero-order valence-electron chi connectivity index (χ0n) is 36.8. The molecule has 0 radical (unpaired) electrons. The highest BCUT2D eigenvalue weighted by Crippen LogP contribution is 2.37. The van der Waals surface area contributed by atoms with Gasteiger partial charge in [-0.25, -0.2) is 14.4 Å². The highest BCUT2D eigenvalue weighted by Gasteiger charge is 2.21. The quantitative estimate of drug-likeness (QED) is 0.114. The number of ether oxygens (including phenoxy) is 4. The summed E-state index contributed by atoms with van der Waals surface area (Å²) in [7, 11) is 5.99. The first-order valence-corrected chi connectivity index (χ1v) is 20.5. The third kappa shape index (κ3) is 10.3. The molecule has 8 rings (SSSR count). The Morgan fingerprint density at radius 3 is 1.45 bits per heavy atom. The maximum absolute atomic E-state index is 15.1. The van der Waals surface area contributed by atoms with Crippen LogP contribution in [0, 0.1) is 5.82 Å². The molecule has 0 saturated heterocycles. The number of anilines is 4. The van der Waals surface area contributed by atoms with Gasteiger partial charge in [-0.1, -0.05) is 13.8 Å². The van der Waals surface area contributed by atoms with Crippen LogP contribution in [0.5, 0.6) is 23.0 Å². The van der Waals surface area contributed by atoms with Crippen molar-refractivity contribution in [1.29, 1.82) is 0 Å². The van der Waals surface area contributed by atoms with Crippen LogP contribution in [0.25, 0.3) is 33.2 Å². The van der Waals surface area contributed by atoms with E-state index in [1.165, 1.54) is 48.1 Å². The van der Waals surface area contributed by atoms with Crippen LogP contribution in [0.1, 0.15) is 13.8 Å². The predicted octanol–water partition coefficient (Wildman–Crippen LogP) is 7.02. The van der Waals surface area contributed by atoms with Gasteiger partial charge in [0.15, 0.2) is 11.6 Å². The number of nitrogens with zero attached hydrogens (tertiary/aromatic N) is 8. The third-order valence-electron chi connectivity index (χ3n) is 10.0. The molecule has 2 N–H and O–H groups in total. The number of hydrogen-bond donors (Lipinski definition) is 2. The molecule has 8 aromatic rings. The Morgan fingerprint density at radius 1 is 0.554 bits per heavy atom. The van der Waals surface area contributed by atoms with E-state index in [2.05, 4.69) is 19.9 Å². The molecule has 17 heteroatoms. The molecule has 0 bridgehead atoms. The van der Waals surface area contributed by atoms with Crippen molar-refractivity contribution >= 4 is 44.6 Å². The minimum atomic E-state index is -0.609. The molecule has 0 fully saturated rings. The molecular weight excluding hydrogens is 836 g/mol. The van der Waals surface area contributed by atoms with E-state index in [0.717, 1.165) is 11.4 Å². The third-order valence-corrected chi connectivity index (χ3v) is 10.0. The van der Waals surface area contributed by atoms with E-state index in [1.54, 1.807) is 105 Å². The van der Waals surface area contributed by atoms with Gasteiger partial charge in [-0.15, -0.1) is 0 Å². The fraction of sp³-hybridized carbons (Fsp3) is 0.208. The molecule has 0 atom stereocenters. The standard InChI is InChI=1S/C23H21FN4O4.C23H22N4O4.C2H6/c1-31-17-12-20(22(24)21(13-17)32-2)27(9-10-29)16-3-4-19-18(11-16)23(30)28(14-26-19)15-5-7-25-8-6-15;1-30-19-11-18(12-20(14-19)31-2)26(9-10-28)17-3-4-22-21(13-17)23(29)27(15-25-22)16-5-7-24-8-6-16;1-2/h3-8,11-14,29H,9-10H2,1-2H3;3-8,11-15,28H,9-10H2,1-2H3;1-2H3. The Bertz CT molecular complexity index is 2950. The topological polar surface area (TPSA) is 179 Å². The Balaban J connectivity index is 0.000000208. The van der Waals surface area contributed by atoms with Gasteiger partial charge in [0.25, 0.3) is 11.1 Å². The van der Waals surface area contributed by atoms with Crippen LogP contribution in [0.3, 0.4) is 0 Å². The molecule has 0 aliphatic carbocycles. The van der Waals surface area contributed by atoms with Crippen LogP contribution in [0.2, 0.25) is 0 Å². The van der Waals surface area contributed by atoms with Crippen molar-refractivity contribution in [2.45, 2.75) is 13.8 Å². The lowest BCUT2D eigenvalue weighted by atomic mass is 10.1. The highest BCUT2D eigenvalue weighted by atomic mass is 19.1. The van der Waals surface area contributed by atoms with Gasteiger partial charge in [0.1, 0.15) is 29.9 Å². The summed E-state index contributed by atoms with van der Waals surface area (Å²) in [5, 5.41) is 20.2. The summed E-state index contributed by atoms with van der Waals surface area (Å²) in [4.78, 5) is 46.6. The Hall–Kier alpha value is -7.89. The molecule has 336 valence electrons. The molecule has 4 aromatic carbocycles.